The highest BCUT2D eigenvalue weighted by atomic mass is 16.6. The molecule has 7 nitrogen and oxygen atoms in total. The van der Waals surface area contributed by atoms with Crippen LogP contribution in [-0.2, 0) is 19.1 Å². The first kappa shape index (κ1) is 22.6. The fourth-order valence-corrected chi connectivity index (χ4v) is 2.92. The molecule has 1 heterocycles. The van der Waals surface area contributed by atoms with Gasteiger partial charge in [-0.3, -0.25) is 14.4 Å². The molecule has 0 aromatic heterocycles. The smallest absolute Gasteiger partial charge is 0.253 e. The number of nitrogens with one attached hydrogen (secondary N) is 3. The van der Waals surface area contributed by atoms with Crippen molar-refractivity contribution in [1.29, 1.82) is 0 Å². The fraction of sp³-hybridized carbons (Fsp3) is 0.500. The van der Waals surface area contributed by atoms with Gasteiger partial charge in [0.15, 0.2) is 6.10 Å². The summed E-state index contributed by atoms with van der Waals surface area (Å²) in [5.74, 6) is -0.592. The number of unbranched alkanes of at least 4 members (excludes halogenated alkanes) is 1. The SMILES string of the molecule is CC(=O)NCCCCNC(=O)[C@@H](NC(=O)C1OC1c1ccccc1)C(C)=C(C)C. The van der Waals surface area contributed by atoms with Gasteiger partial charge in [0, 0.05) is 20.0 Å². The number of carbonyl (C=O) groups is 3. The predicted molar refractivity (Wildman–Crippen MR) is 111 cm³/mol. The predicted octanol–water partition coefficient (Wildman–Crippen LogP) is 2.00. The maximum Gasteiger partial charge on any atom is 0.253 e. The minimum Gasteiger partial charge on any atom is -0.356 e. The van der Waals surface area contributed by atoms with E-state index in [9.17, 15) is 14.4 Å². The molecule has 1 aliphatic rings. The number of epoxide rings is 1. The highest BCUT2D eigenvalue weighted by molar-refractivity contribution is 5.92. The Hall–Kier alpha value is -2.67. The van der Waals surface area contributed by atoms with Crippen LogP contribution < -0.4 is 16.0 Å². The average molecular weight is 402 g/mol. The van der Waals surface area contributed by atoms with E-state index in [-0.39, 0.29) is 23.8 Å². The fourth-order valence-electron chi connectivity index (χ4n) is 2.92. The van der Waals surface area contributed by atoms with Crippen LogP contribution in [0.25, 0.3) is 0 Å². The van der Waals surface area contributed by atoms with Crippen LogP contribution in [0.2, 0.25) is 0 Å². The number of allylic oxidation sites excluding steroid dienone is 1. The van der Waals surface area contributed by atoms with Crippen molar-refractivity contribution in [2.45, 2.75) is 58.8 Å². The number of amides is 3. The molecule has 0 radical (unpaired) electrons. The van der Waals surface area contributed by atoms with Crippen LogP contribution in [0.5, 0.6) is 0 Å². The van der Waals surface area contributed by atoms with Crippen molar-refractivity contribution in [2.75, 3.05) is 13.1 Å². The maximum absolute atomic E-state index is 12.7. The lowest BCUT2D eigenvalue weighted by Crippen LogP contribution is -2.49. The van der Waals surface area contributed by atoms with Gasteiger partial charge in [0.25, 0.3) is 5.91 Å². The lowest BCUT2D eigenvalue weighted by molar-refractivity contribution is -0.128. The Morgan fingerprint density at radius 2 is 1.59 bits per heavy atom. The molecule has 0 aliphatic carbocycles. The van der Waals surface area contributed by atoms with E-state index >= 15 is 0 Å². The second kappa shape index (κ2) is 10.8. The normalized spacial score (nSPS) is 18.3. The molecule has 1 aromatic carbocycles. The van der Waals surface area contributed by atoms with Crippen LogP contribution in [0.4, 0.5) is 0 Å². The molecule has 29 heavy (non-hydrogen) atoms. The van der Waals surface area contributed by atoms with Crippen molar-refractivity contribution in [3.05, 3.63) is 47.0 Å². The number of benzene rings is 1. The Balaban J connectivity index is 1.88. The molecule has 2 unspecified atom stereocenters. The zero-order valence-electron chi connectivity index (χ0n) is 17.6. The molecule has 1 aliphatic heterocycles. The zero-order chi connectivity index (χ0) is 21.4. The summed E-state index contributed by atoms with van der Waals surface area (Å²) in [6.07, 6.45) is 0.672. The monoisotopic (exact) mass is 401 g/mol. The van der Waals surface area contributed by atoms with Gasteiger partial charge in [0.2, 0.25) is 11.8 Å². The minimum atomic E-state index is -0.733. The van der Waals surface area contributed by atoms with Crippen LogP contribution in [-0.4, -0.2) is 43.0 Å². The summed E-state index contributed by atoms with van der Waals surface area (Å²) in [6.45, 7) is 8.21. The second-order valence-electron chi connectivity index (χ2n) is 7.49. The van der Waals surface area contributed by atoms with Crippen LogP contribution in [0, 0.1) is 0 Å². The van der Waals surface area contributed by atoms with E-state index < -0.39 is 12.1 Å². The number of hydrogen-bond acceptors (Lipinski definition) is 4. The van der Waals surface area contributed by atoms with Crippen molar-refractivity contribution >= 4 is 17.7 Å². The maximum atomic E-state index is 12.7. The van der Waals surface area contributed by atoms with Crippen molar-refractivity contribution < 1.29 is 19.1 Å². The lowest BCUT2D eigenvalue weighted by Gasteiger charge is -2.20. The third kappa shape index (κ3) is 7.02. The molecule has 7 heteroatoms. The van der Waals surface area contributed by atoms with Crippen LogP contribution >= 0.6 is 0 Å². The van der Waals surface area contributed by atoms with Gasteiger partial charge in [-0.1, -0.05) is 35.9 Å². The third-order valence-electron chi connectivity index (χ3n) is 4.93. The molecule has 158 valence electrons. The summed E-state index contributed by atoms with van der Waals surface area (Å²) in [7, 11) is 0. The number of carbonyl (C=O) groups excluding carboxylic acids is 3. The largest absolute Gasteiger partial charge is 0.356 e. The molecular weight excluding hydrogens is 370 g/mol. The standard InChI is InChI=1S/C22H31N3O4/c1-14(2)15(3)18(21(27)24-13-9-8-12-23-16(4)26)25-22(28)20-19(29-20)17-10-6-5-7-11-17/h5-7,10-11,18-20H,8-9,12-13H2,1-4H3,(H,23,26)(H,24,27)(H,25,28)/t18-,19?,20?/m0/s1. The average Bonchev–Trinajstić information content (AvgIpc) is 3.49. The van der Waals surface area contributed by atoms with Crippen molar-refractivity contribution in [2.24, 2.45) is 0 Å². The molecule has 1 saturated heterocycles. The molecule has 3 amide bonds. The Bertz CT molecular complexity index is 757. The van der Waals surface area contributed by atoms with Crippen molar-refractivity contribution in [3.63, 3.8) is 0 Å². The first-order valence-electron chi connectivity index (χ1n) is 9.98. The molecule has 0 saturated carbocycles. The molecule has 0 spiro atoms. The van der Waals surface area contributed by atoms with Gasteiger partial charge in [0.1, 0.15) is 12.1 Å². The zero-order valence-corrected chi connectivity index (χ0v) is 17.6. The highest BCUT2D eigenvalue weighted by Crippen LogP contribution is 2.38. The summed E-state index contributed by atoms with van der Waals surface area (Å²) < 4.78 is 5.54. The van der Waals surface area contributed by atoms with Gasteiger partial charge in [-0.05, 0) is 44.7 Å². The van der Waals surface area contributed by atoms with Crippen LogP contribution in [0.3, 0.4) is 0 Å². The summed E-state index contributed by atoms with van der Waals surface area (Å²) in [6, 6.07) is 8.83. The summed E-state index contributed by atoms with van der Waals surface area (Å²) in [5, 5.41) is 8.43. The number of hydrogen-bond donors (Lipinski definition) is 3. The topological polar surface area (TPSA) is 99.8 Å². The minimum absolute atomic E-state index is 0.0629. The molecule has 0 bridgehead atoms. The lowest BCUT2D eigenvalue weighted by atomic mass is 10.0. The van der Waals surface area contributed by atoms with Gasteiger partial charge in [0.05, 0.1) is 0 Å². The van der Waals surface area contributed by atoms with Gasteiger partial charge in [-0.25, -0.2) is 0 Å². The molecule has 2 rings (SSSR count). The van der Waals surface area contributed by atoms with E-state index in [1.165, 1.54) is 6.92 Å². The Morgan fingerprint density at radius 3 is 2.17 bits per heavy atom. The van der Waals surface area contributed by atoms with E-state index in [1.807, 2.05) is 51.1 Å². The molecule has 3 N–H and O–H groups in total. The van der Waals surface area contributed by atoms with Crippen LogP contribution in [0.1, 0.15) is 52.2 Å². The Labute approximate surface area is 172 Å². The van der Waals surface area contributed by atoms with Crippen molar-refractivity contribution in [1.82, 2.24) is 16.0 Å². The van der Waals surface area contributed by atoms with Gasteiger partial charge < -0.3 is 20.7 Å². The quantitative estimate of drug-likeness (QED) is 0.317. The molecule has 1 fully saturated rings. The Kier molecular flexibility index (Phi) is 8.39. The molecular formula is C22H31N3O4. The van der Waals surface area contributed by atoms with Gasteiger partial charge >= 0.3 is 0 Å². The first-order chi connectivity index (χ1) is 13.8. The van der Waals surface area contributed by atoms with E-state index in [0.29, 0.717) is 13.1 Å². The summed E-state index contributed by atoms with van der Waals surface area (Å²) >= 11 is 0. The van der Waals surface area contributed by atoms with E-state index in [4.69, 9.17) is 4.74 Å². The summed E-state index contributed by atoms with van der Waals surface area (Å²) in [5.41, 5.74) is 2.74. The summed E-state index contributed by atoms with van der Waals surface area (Å²) in [4.78, 5) is 36.2. The first-order valence-corrected chi connectivity index (χ1v) is 9.98. The van der Waals surface area contributed by atoms with E-state index in [1.54, 1.807) is 0 Å². The van der Waals surface area contributed by atoms with Gasteiger partial charge in [-0.15, -0.1) is 0 Å². The molecule has 3 atom stereocenters. The van der Waals surface area contributed by atoms with Crippen molar-refractivity contribution in [3.8, 4) is 0 Å². The van der Waals surface area contributed by atoms with Crippen LogP contribution in [0.15, 0.2) is 41.5 Å². The Morgan fingerprint density at radius 1 is 0.966 bits per heavy atom. The second-order valence-corrected chi connectivity index (χ2v) is 7.49. The number of ether oxygens (including phenoxy) is 1. The molecule has 1 aromatic rings. The highest BCUT2D eigenvalue weighted by Gasteiger charge is 2.47. The third-order valence-corrected chi connectivity index (χ3v) is 4.93. The van der Waals surface area contributed by atoms with E-state index in [0.717, 1.165) is 29.6 Å². The number of rotatable bonds is 10. The van der Waals surface area contributed by atoms with E-state index in [2.05, 4.69) is 16.0 Å². The van der Waals surface area contributed by atoms with Gasteiger partial charge in [-0.2, -0.15) is 0 Å².